The second kappa shape index (κ2) is 3.71. The van der Waals surface area contributed by atoms with Gasteiger partial charge in [0.05, 0.1) is 6.61 Å². The normalized spacial score (nSPS) is 15.9. The quantitative estimate of drug-likeness (QED) is 0.635. The van der Waals surface area contributed by atoms with Gasteiger partial charge in [-0.2, -0.15) is 0 Å². The van der Waals surface area contributed by atoms with Crippen molar-refractivity contribution in [1.29, 1.82) is 0 Å². The minimum Gasteiger partial charge on any atom is -0.457 e. The van der Waals surface area contributed by atoms with Crippen LogP contribution in [-0.4, -0.2) is 24.3 Å². The Morgan fingerprint density at radius 2 is 2.20 bits per heavy atom. The van der Waals surface area contributed by atoms with Gasteiger partial charge >= 0.3 is 13.3 Å². The van der Waals surface area contributed by atoms with Crippen LogP contribution in [0.15, 0.2) is 0 Å². The van der Waals surface area contributed by atoms with E-state index in [9.17, 15) is 9.36 Å². The molecule has 0 fully saturated rings. The lowest BCUT2D eigenvalue weighted by molar-refractivity contribution is 0.166. The van der Waals surface area contributed by atoms with E-state index in [4.69, 9.17) is 4.89 Å². The highest BCUT2D eigenvalue weighted by Gasteiger charge is 2.30. The first-order chi connectivity index (χ1) is 4.54. The maximum Gasteiger partial charge on any atom is 0.435 e. The van der Waals surface area contributed by atoms with E-state index in [0.717, 1.165) is 7.11 Å². The third kappa shape index (κ3) is 2.47. The molecule has 1 N–H and O–H groups in total. The lowest BCUT2D eigenvalue weighted by Gasteiger charge is -2.05. The molecule has 60 valence electrons. The average Bonchev–Trinajstić information content (AvgIpc) is 1.89. The SMILES string of the molecule is CCOC(=O)P(=O)(O)OC. The fraction of sp³-hybridized carbons (Fsp3) is 0.750. The molecule has 6 heteroatoms. The van der Waals surface area contributed by atoms with Crippen LogP contribution < -0.4 is 0 Å². The molecule has 0 aromatic heterocycles. The predicted octanol–water partition coefficient (Wildman–Crippen LogP) is 0.975. The molecule has 0 aromatic carbocycles. The van der Waals surface area contributed by atoms with Crippen LogP contribution in [0.25, 0.3) is 0 Å². The Bertz CT molecular complexity index is 165. The molecule has 10 heavy (non-hydrogen) atoms. The second-order valence-corrected chi connectivity index (χ2v) is 3.17. The largest absolute Gasteiger partial charge is 0.457 e. The molecule has 0 heterocycles. The second-order valence-electron chi connectivity index (χ2n) is 1.40. The molecule has 5 nitrogen and oxygen atoms in total. The van der Waals surface area contributed by atoms with E-state index in [1.54, 1.807) is 0 Å². The number of rotatable bonds is 3. The summed E-state index contributed by atoms with van der Waals surface area (Å²) in [5.41, 5.74) is -1.21. The molecule has 0 spiro atoms. The smallest absolute Gasteiger partial charge is 0.435 e. The standard InChI is InChI=1S/C4H9O5P/c1-3-9-4(5)10(6,7)8-2/h3H2,1-2H3,(H,6,7). The number of ether oxygens (including phenoxy) is 1. The number of hydrogen-bond donors (Lipinski definition) is 1. The van der Waals surface area contributed by atoms with Crippen molar-refractivity contribution in [3.05, 3.63) is 0 Å². The minimum absolute atomic E-state index is 0.0622. The maximum absolute atomic E-state index is 10.5. The molecule has 0 aliphatic heterocycles. The van der Waals surface area contributed by atoms with E-state index in [0.29, 0.717) is 0 Å². The highest BCUT2D eigenvalue weighted by molar-refractivity contribution is 7.70. The monoisotopic (exact) mass is 168 g/mol. The summed E-state index contributed by atoms with van der Waals surface area (Å²) in [7, 11) is -3.17. The Balaban J connectivity index is 4.06. The summed E-state index contributed by atoms with van der Waals surface area (Å²) in [6.07, 6.45) is 0. The molecule has 0 saturated heterocycles. The first-order valence-electron chi connectivity index (χ1n) is 2.60. The van der Waals surface area contributed by atoms with E-state index in [-0.39, 0.29) is 6.61 Å². The van der Waals surface area contributed by atoms with Crippen LogP contribution >= 0.6 is 7.60 Å². The van der Waals surface area contributed by atoms with Gasteiger partial charge in [-0.1, -0.05) is 0 Å². The molecule has 0 bridgehead atoms. The molecular formula is C4H9O5P. The van der Waals surface area contributed by atoms with E-state index in [1.807, 2.05) is 0 Å². The Kier molecular flexibility index (Phi) is 3.57. The summed E-state index contributed by atoms with van der Waals surface area (Å²) in [6.45, 7) is 1.60. The fourth-order valence-corrected chi connectivity index (χ4v) is 0.721. The van der Waals surface area contributed by atoms with Crippen molar-refractivity contribution in [3.8, 4) is 0 Å². The van der Waals surface area contributed by atoms with Crippen LogP contribution in [0.3, 0.4) is 0 Å². The zero-order valence-corrected chi connectivity index (χ0v) is 6.63. The molecular weight excluding hydrogens is 159 g/mol. The van der Waals surface area contributed by atoms with Crippen molar-refractivity contribution in [2.45, 2.75) is 6.92 Å². The Hall–Kier alpha value is -0.380. The molecule has 0 amide bonds. The van der Waals surface area contributed by atoms with E-state index >= 15 is 0 Å². The summed E-state index contributed by atoms with van der Waals surface area (Å²) in [6, 6.07) is 0. The molecule has 0 aromatic rings. The first kappa shape index (κ1) is 9.62. The summed E-state index contributed by atoms with van der Waals surface area (Å²) < 4.78 is 18.7. The van der Waals surface area contributed by atoms with Gasteiger partial charge in [0.2, 0.25) is 0 Å². The van der Waals surface area contributed by atoms with Crippen molar-refractivity contribution in [1.82, 2.24) is 0 Å². The average molecular weight is 168 g/mol. The van der Waals surface area contributed by atoms with E-state index in [2.05, 4.69) is 9.26 Å². The highest BCUT2D eigenvalue weighted by Crippen LogP contribution is 2.42. The summed E-state index contributed by atoms with van der Waals surface area (Å²) in [5.74, 6) is 0. The number of carbonyl (C=O) groups is 1. The van der Waals surface area contributed by atoms with E-state index in [1.165, 1.54) is 6.92 Å². The van der Waals surface area contributed by atoms with Gasteiger partial charge in [0, 0.05) is 7.11 Å². The van der Waals surface area contributed by atoms with Crippen LogP contribution in [0, 0.1) is 0 Å². The number of carbonyl (C=O) groups excluding carboxylic acids is 1. The van der Waals surface area contributed by atoms with Gasteiger partial charge < -0.3 is 14.2 Å². The van der Waals surface area contributed by atoms with Crippen molar-refractivity contribution in [3.63, 3.8) is 0 Å². The van der Waals surface area contributed by atoms with Crippen molar-refractivity contribution >= 4 is 13.3 Å². The lowest BCUT2D eigenvalue weighted by atomic mass is 10.9. The Morgan fingerprint density at radius 3 is 2.50 bits per heavy atom. The maximum atomic E-state index is 10.5. The van der Waals surface area contributed by atoms with Crippen LogP contribution in [0.2, 0.25) is 0 Å². The van der Waals surface area contributed by atoms with Crippen LogP contribution in [-0.2, 0) is 13.8 Å². The fourth-order valence-electron chi connectivity index (χ4n) is 0.280. The minimum atomic E-state index is -4.14. The van der Waals surface area contributed by atoms with Gasteiger partial charge in [-0.15, -0.1) is 0 Å². The highest BCUT2D eigenvalue weighted by atomic mass is 31.2. The van der Waals surface area contributed by atoms with Crippen LogP contribution in [0.4, 0.5) is 4.79 Å². The van der Waals surface area contributed by atoms with Crippen LogP contribution in [0.5, 0.6) is 0 Å². The summed E-state index contributed by atoms with van der Waals surface area (Å²) in [5, 5.41) is 0. The molecule has 1 atom stereocenters. The van der Waals surface area contributed by atoms with Gasteiger partial charge in [-0.25, -0.2) is 9.36 Å². The molecule has 0 aliphatic carbocycles. The third-order valence-corrected chi connectivity index (χ3v) is 1.83. The zero-order valence-electron chi connectivity index (χ0n) is 5.73. The Labute approximate surface area is 58.5 Å². The summed E-state index contributed by atoms with van der Waals surface area (Å²) in [4.78, 5) is 19.0. The van der Waals surface area contributed by atoms with Gasteiger partial charge in [0.15, 0.2) is 0 Å². The van der Waals surface area contributed by atoms with Gasteiger partial charge in [-0.05, 0) is 6.92 Å². The topological polar surface area (TPSA) is 72.8 Å². The lowest BCUT2D eigenvalue weighted by Crippen LogP contribution is -2.03. The molecule has 1 unspecified atom stereocenters. The predicted molar refractivity (Wildman–Crippen MR) is 33.9 cm³/mol. The molecule has 0 rings (SSSR count). The van der Waals surface area contributed by atoms with E-state index < -0.39 is 13.3 Å². The molecule has 0 aliphatic rings. The number of hydrogen-bond acceptors (Lipinski definition) is 4. The van der Waals surface area contributed by atoms with Gasteiger partial charge in [0.1, 0.15) is 0 Å². The molecule has 0 saturated carbocycles. The molecule has 0 radical (unpaired) electrons. The van der Waals surface area contributed by atoms with Crippen molar-refractivity contribution in [2.75, 3.05) is 13.7 Å². The zero-order chi connectivity index (χ0) is 8.20. The third-order valence-electron chi connectivity index (χ3n) is 0.746. The van der Waals surface area contributed by atoms with Gasteiger partial charge in [-0.3, -0.25) is 0 Å². The van der Waals surface area contributed by atoms with Gasteiger partial charge in [0.25, 0.3) is 0 Å². The van der Waals surface area contributed by atoms with Crippen molar-refractivity contribution < 1.29 is 23.5 Å². The first-order valence-corrected chi connectivity index (χ1v) is 4.18. The van der Waals surface area contributed by atoms with Crippen LogP contribution in [0.1, 0.15) is 6.92 Å². The van der Waals surface area contributed by atoms with Crippen molar-refractivity contribution in [2.24, 2.45) is 0 Å². The summed E-state index contributed by atoms with van der Waals surface area (Å²) >= 11 is 0. The Morgan fingerprint density at radius 1 is 1.70 bits per heavy atom.